The molecule has 4 aromatic rings. The molecule has 0 amide bonds. The number of benzene rings is 3. The highest BCUT2D eigenvalue weighted by atomic mass is 32.4. The van der Waals surface area contributed by atoms with Crippen molar-refractivity contribution in [1.29, 1.82) is 0 Å². The molecule has 3 nitrogen and oxygen atoms in total. The Morgan fingerprint density at radius 1 is 0.774 bits per heavy atom. The number of pyridine rings is 1. The normalized spacial score (nSPS) is 12.3. The fourth-order valence-electron chi connectivity index (χ4n) is 3.83. The monoisotopic (exact) mass is 443 g/mol. The Morgan fingerprint density at radius 3 is 1.71 bits per heavy atom. The van der Waals surface area contributed by atoms with Crippen molar-refractivity contribution >= 4 is 34.2 Å². The van der Waals surface area contributed by atoms with Crippen LogP contribution in [0.15, 0.2) is 116 Å². The minimum absolute atomic E-state index is 0.0468. The van der Waals surface area contributed by atoms with Crippen molar-refractivity contribution in [2.75, 3.05) is 0 Å². The maximum Gasteiger partial charge on any atom is 0.180 e. The average molecular weight is 444 g/mol. The Balaban J connectivity index is 1.89. The van der Waals surface area contributed by atoms with E-state index < -0.39 is 6.04 Å². The number of ketones is 1. The van der Waals surface area contributed by atoms with Crippen molar-refractivity contribution in [1.82, 2.24) is 0 Å². The molecule has 0 unspecified atom stereocenters. The van der Waals surface area contributed by atoms with Crippen LogP contribution in [0.4, 0.5) is 0 Å². The summed E-state index contributed by atoms with van der Waals surface area (Å²) in [6.45, 7) is 0. The summed E-state index contributed by atoms with van der Waals surface area (Å²) >= 11 is 6.51. The lowest BCUT2D eigenvalue weighted by Gasteiger charge is -2.32. The minimum Gasteiger partial charge on any atom is -0.619 e. The quantitative estimate of drug-likeness (QED) is 0.179. The second-order valence-electron chi connectivity index (χ2n) is 7.33. The van der Waals surface area contributed by atoms with Gasteiger partial charge in [-0.3, -0.25) is 4.79 Å². The van der Waals surface area contributed by atoms with Crippen molar-refractivity contribution in [3.63, 3.8) is 0 Å². The first-order valence-electron chi connectivity index (χ1n) is 10.1. The Kier molecular flexibility index (Phi) is 6.41. The van der Waals surface area contributed by atoms with Gasteiger partial charge in [-0.1, -0.05) is 103 Å². The molecule has 1 heterocycles. The lowest BCUT2D eigenvalue weighted by atomic mass is 10.0. The van der Waals surface area contributed by atoms with Gasteiger partial charge in [0, 0.05) is 35.8 Å². The van der Waals surface area contributed by atoms with E-state index in [4.69, 9.17) is 11.8 Å². The Bertz CT molecular complexity index is 1150. The highest BCUT2D eigenvalue weighted by Gasteiger charge is 2.35. The molecule has 5 heteroatoms. The van der Waals surface area contributed by atoms with Crippen LogP contribution in [0.1, 0.15) is 28.0 Å². The Labute approximate surface area is 187 Å². The van der Waals surface area contributed by atoms with E-state index in [1.807, 2.05) is 66.7 Å². The molecule has 0 aliphatic rings. The second-order valence-corrected chi connectivity index (χ2v) is 12.0. The van der Waals surface area contributed by atoms with Crippen molar-refractivity contribution < 1.29 is 9.52 Å². The van der Waals surface area contributed by atoms with Crippen LogP contribution in [0.5, 0.6) is 0 Å². The second kappa shape index (κ2) is 9.38. The third-order valence-electron chi connectivity index (χ3n) is 5.41. The van der Waals surface area contributed by atoms with Gasteiger partial charge in [-0.15, -0.1) is 0 Å². The van der Waals surface area contributed by atoms with Crippen LogP contribution in [0.2, 0.25) is 0 Å². The lowest BCUT2D eigenvalue weighted by molar-refractivity contribution is -0.605. The number of nitrogens with zero attached hydrogens (tertiary/aromatic N) is 1. The molecule has 1 aromatic heterocycles. The minimum atomic E-state index is -2.44. The lowest BCUT2D eigenvalue weighted by Crippen LogP contribution is -2.26. The average Bonchev–Trinajstić information content (AvgIpc) is 2.84. The van der Waals surface area contributed by atoms with Crippen LogP contribution in [-0.2, 0) is 11.8 Å². The zero-order chi connectivity index (χ0) is 21.7. The Morgan fingerprint density at radius 2 is 1.23 bits per heavy atom. The number of hydrogen-bond donors (Lipinski definition) is 0. The molecule has 1 atom stereocenters. The van der Waals surface area contributed by atoms with Gasteiger partial charge in [0.05, 0.1) is 0 Å². The fourth-order valence-corrected chi connectivity index (χ4v) is 8.41. The van der Waals surface area contributed by atoms with Gasteiger partial charge in [0.15, 0.2) is 18.2 Å². The summed E-state index contributed by atoms with van der Waals surface area (Å²) in [6.07, 6.45) is 3.23. The number of rotatable bonds is 7. The molecule has 0 aliphatic heterocycles. The molecule has 0 aliphatic carbocycles. The number of aromatic nitrogens is 1. The molecular formula is C26H22NO2PS. The van der Waals surface area contributed by atoms with Gasteiger partial charge in [-0.2, -0.15) is 4.73 Å². The zero-order valence-electron chi connectivity index (χ0n) is 16.9. The summed E-state index contributed by atoms with van der Waals surface area (Å²) in [4.78, 5) is 13.3. The van der Waals surface area contributed by atoms with E-state index in [-0.39, 0.29) is 17.9 Å². The largest absolute Gasteiger partial charge is 0.619 e. The molecule has 0 saturated carbocycles. The molecule has 0 N–H and O–H groups in total. The molecule has 0 bridgehead atoms. The van der Waals surface area contributed by atoms with E-state index in [9.17, 15) is 10.0 Å². The Hall–Kier alpha value is -3.07. The van der Waals surface area contributed by atoms with Crippen LogP contribution in [-0.4, -0.2) is 5.78 Å². The standard InChI is InChI=1S/C26H22NO2PS/c28-25(21-10-4-1-5-11-21)20-26(22-16-18-27(29)19-17-22)30(31,23-12-6-2-7-13-23)24-14-8-3-9-15-24/h1-19,26H,20H2/t26-/m1/s1. The van der Waals surface area contributed by atoms with Gasteiger partial charge >= 0.3 is 0 Å². The first-order chi connectivity index (χ1) is 15.1. The number of carbonyl (C=O) groups excluding carboxylic acids is 1. The summed E-state index contributed by atoms with van der Waals surface area (Å²) in [5.41, 5.74) is 1.35. The summed E-state index contributed by atoms with van der Waals surface area (Å²) in [6, 6.07) is 30.6. The van der Waals surface area contributed by atoms with E-state index in [0.717, 1.165) is 20.9 Å². The third-order valence-corrected chi connectivity index (χ3v) is 10.9. The number of hydrogen-bond acceptors (Lipinski definition) is 3. The molecule has 0 spiro atoms. The van der Waals surface area contributed by atoms with Crippen molar-refractivity contribution in [2.24, 2.45) is 0 Å². The van der Waals surface area contributed by atoms with E-state index in [0.29, 0.717) is 5.56 Å². The third kappa shape index (κ3) is 4.51. The molecule has 0 saturated heterocycles. The fraction of sp³-hybridized carbons (Fsp3) is 0.0769. The van der Waals surface area contributed by atoms with Crippen LogP contribution in [0.3, 0.4) is 0 Å². The van der Waals surface area contributed by atoms with E-state index in [1.54, 1.807) is 12.1 Å². The molecule has 0 radical (unpaired) electrons. The summed E-state index contributed by atoms with van der Waals surface area (Å²) in [5, 5.41) is 13.8. The van der Waals surface area contributed by atoms with Gasteiger partial charge < -0.3 is 5.21 Å². The van der Waals surface area contributed by atoms with Crippen molar-refractivity contribution in [2.45, 2.75) is 12.1 Å². The highest BCUT2D eigenvalue weighted by molar-refractivity contribution is 8.22. The molecule has 3 aromatic carbocycles. The number of Topliss-reactive ketones (excluding diaryl/α,β-unsaturated/α-hetero) is 1. The van der Waals surface area contributed by atoms with Gasteiger partial charge in [-0.05, 0) is 16.2 Å². The molecule has 154 valence electrons. The number of carbonyl (C=O) groups is 1. The van der Waals surface area contributed by atoms with Crippen LogP contribution >= 0.6 is 6.04 Å². The summed E-state index contributed by atoms with van der Waals surface area (Å²) in [7, 11) is 0. The molecule has 0 fully saturated rings. The van der Waals surface area contributed by atoms with Gasteiger partial charge in [0.1, 0.15) is 0 Å². The van der Waals surface area contributed by atoms with Crippen LogP contribution < -0.4 is 15.3 Å². The highest BCUT2D eigenvalue weighted by Crippen LogP contribution is 2.59. The van der Waals surface area contributed by atoms with E-state index in [1.165, 1.54) is 12.4 Å². The van der Waals surface area contributed by atoms with E-state index in [2.05, 4.69) is 24.3 Å². The topological polar surface area (TPSA) is 44.0 Å². The maximum atomic E-state index is 13.3. The smallest absolute Gasteiger partial charge is 0.180 e. The SMILES string of the molecule is O=C(C[C@H](c1cc[n+]([O-])cc1)P(=S)(c1ccccc1)c1ccccc1)c1ccccc1. The van der Waals surface area contributed by atoms with Gasteiger partial charge in [-0.25, -0.2) is 0 Å². The summed E-state index contributed by atoms with van der Waals surface area (Å²) in [5.74, 6) is 0.0468. The summed E-state index contributed by atoms with van der Waals surface area (Å²) < 4.78 is 0.758. The van der Waals surface area contributed by atoms with E-state index >= 15 is 0 Å². The van der Waals surface area contributed by atoms with Gasteiger partial charge in [0.2, 0.25) is 0 Å². The predicted molar refractivity (Wildman–Crippen MR) is 130 cm³/mol. The van der Waals surface area contributed by atoms with Crippen LogP contribution in [0.25, 0.3) is 0 Å². The predicted octanol–water partition coefficient (Wildman–Crippen LogP) is 4.76. The van der Waals surface area contributed by atoms with Crippen molar-refractivity contribution in [3.8, 4) is 0 Å². The maximum absolute atomic E-state index is 13.3. The molecule has 31 heavy (non-hydrogen) atoms. The first-order valence-corrected chi connectivity index (χ1v) is 12.9. The molecule has 4 rings (SSSR count). The van der Waals surface area contributed by atoms with Crippen LogP contribution in [0, 0.1) is 5.21 Å². The van der Waals surface area contributed by atoms with Gasteiger partial charge in [0.25, 0.3) is 0 Å². The van der Waals surface area contributed by atoms with Crippen molar-refractivity contribution in [3.05, 3.63) is 132 Å². The zero-order valence-corrected chi connectivity index (χ0v) is 18.6. The first kappa shape index (κ1) is 21.2. The molecular weight excluding hydrogens is 421 g/mol.